The Morgan fingerprint density at radius 1 is 1.25 bits per heavy atom. The van der Waals surface area contributed by atoms with Gasteiger partial charge in [-0.15, -0.1) is 6.42 Å². The van der Waals surface area contributed by atoms with Crippen molar-refractivity contribution in [2.45, 2.75) is 0 Å². The van der Waals surface area contributed by atoms with Gasteiger partial charge in [-0.2, -0.15) is 0 Å². The molecule has 1 aliphatic rings. The topological polar surface area (TPSA) is 46.6 Å². The number of hydrogen-bond donors (Lipinski definition) is 0. The number of benzene rings is 1. The van der Waals surface area contributed by atoms with Gasteiger partial charge in [-0.25, -0.2) is 4.90 Å². The molecule has 0 aromatic heterocycles. The first-order valence-electron chi connectivity index (χ1n) is 4.72. The molecule has 1 heterocycles. The lowest BCUT2D eigenvalue weighted by Crippen LogP contribution is -2.46. The average molecular weight is 215 g/mol. The summed E-state index contributed by atoms with van der Waals surface area (Å²) in [4.78, 5) is 24.2. The lowest BCUT2D eigenvalue weighted by Gasteiger charge is -2.24. The summed E-state index contributed by atoms with van der Waals surface area (Å²) >= 11 is 0. The number of imide groups is 1. The SMILES string of the molecule is C#Cc1cccc(N2C(=O)COCC2=O)c1. The van der Waals surface area contributed by atoms with Gasteiger partial charge in [0.05, 0.1) is 5.69 Å². The summed E-state index contributed by atoms with van der Waals surface area (Å²) in [6, 6.07) is 6.74. The van der Waals surface area contributed by atoms with Gasteiger partial charge in [-0.1, -0.05) is 12.0 Å². The molecule has 1 saturated heterocycles. The maximum atomic E-state index is 11.5. The van der Waals surface area contributed by atoms with Crippen molar-refractivity contribution in [2.24, 2.45) is 0 Å². The van der Waals surface area contributed by atoms with E-state index in [2.05, 4.69) is 5.92 Å². The fourth-order valence-electron chi connectivity index (χ4n) is 1.52. The molecule has 2 rings (SSSR count). The van der Waals surface area contributed by atoms with Crippen LogP contribution in [0.3, 0.4) is 0 Å². The summed E-state index contributed by atoms with van der Waals surface area (Å²) in [5.74, 6) is 1.72. The smallest absolute Gasteiger partial charge is 0.259 e. The molecule has 80 valence electrons. The van der Waals surface area contributed by atoms with Crippen molar-refractivity contribution in [1.29, 1.82) is 0 Å². The lowest BCUT2D eigenvalue weighted by atomic mass is 10.2. The first kappa shape index (κ1) is 10.4. The fourth-order valence-corrected chi connectivity index (χ4v) is 1.52. The summed E-state index contributed by atoms with van der Waals surface area (Å²) in [5.41, 5.74) is 1.12. The Hall–Kier alpha value is -2.12. The molecule has 0 unspecified atom stereocenters. The minimum absolute atomic E-state index is 0.0774. The van der Waals surface area contributed by atoms with E-state index in [0.29, 0.717) is 11.3 Å². The molecule has 4 heteroatoms. The summed E-state index contributed by atoms with van der Waals surface area (Å²) in [6.07, 6.45) is 5.25. The number of nitrogens with zero attached hydrogens (tertiary/aromatic N) is 1. The van der Waals surface area contributed by atoms with E-state index in [0.717, 1.165) is 4.90 Å². The molecule has 1 aromatic carbocycles. The maximum absolute atomic E-state index is 11.5. The predicted molar refractivity (Wildman–Crippen MR) is 57.7 cm³/mol. The van der Waals surface area contributed by atoms with Crippen LogP contribution in [-0.4, -0.2) is 25.0 Å². The number of terminal acetylenes is 1. The average Bonchev–Trinajstić information content (AvgIpc) is 2.29. The monoisotopic (exact) mass is 215 g/mol. The molecule has 1 fully saturated rings. The highest BCUT2D eigenvalue weighted by Gasteiger charge is 2.27. The number of anilines is 1. The summed E-state index contributed by atoms with van der Waals surface area (Å²) in [6.45, 7) is -0.155. The van der Waals surface area contributed by atoms with Crippen LogP contribution in [0.25, 0.3) is 0 Å². The molecule has 2 amide bonds. The van der Waals surface area contributed by atoms with Crippen molar-refractivity contribution in [3.63, 3.8) is 0 Å². The lowest BCUT2D eigenvalue weighted by molar-refractivity contribution is -0.138. The van der Waals surface area contributed by atoms with Gasteiger partial charge in [0.15, 0.2) is 0 Å². The maximum Gasteiger partial charge on any atom is 0.259 e. The molecular formula is C12H9NO3. The van der Waals surface area contributed by atoms with Crippen molar-refractivity contribution in [1.82, 2.24) is 0 Å². The van der Waals surface area contributed by atoms with Crippen LogP contribution >= 0.6 is 0 Å². The second-order valence-electron chi connectivity index (χ2n) is 3.31. The summed E-state index contributed by atoms with van der Waals surface area (Å²) in [5, 5.41) is 0. The summed E-state index contributed by atoms with van der Waals surface area (Å²) in [7, 11) is 0. The first-order valence-corrected chi connectivity index (χ1v) is 4.72. The van der Waals surface area contributed by atoms with Crippen molar-refractivity contribution in [2.75, 3.05) is 18.1 Å². The second kappa shape index (κ2) is 4.17. The second-order valence-corrected chi connectivity index (χ2v) is 3.31. The largest absolute Gasteiger partial charge is 0.362 e. The van der Waals surface area contributed by atoms with Crippen molar-refractivity contribution in [3.05, 3.63) is 29.8 Å². The van der Waals surface area contributed by atoms with E-state index in [1.165, 1.54) is 0 Å². The number of morpholine rings is 1. The van der Waals surface area contributed by atoms with Crippen LogP contribution in [0, 0.1) is 12.3 Å². The zero-order chi connectivity index (χ0) is 11.5. The predicted octanol–water partition coefficient (Wildman–Crippen LogP) is 0.558. The van der Waals surface area contributed by atoms with Gasteiger partial charge in [0.25, 0.3) is 11.8 Å². The van der Waals surface area contributed by atoms with E-state index in [1.807, 2.05) is 0 Å². The van der Waals surface area contributed by atoms with Gasteiger partial charge in [0.2, 0.25) is 0 Å². The molecule has 0 bridgehead atoms. The number of carbonyl (C=O) groups excluding carboxylic acids is 2. The number of ether oxygens (including phenoxy) is 1. The molecule has 1 aromatic rings. The van der Waals surface area contributed by atoms with Crippen LogP contribution in [0.15, 0.2) is 24.3 Å². The van der Waals surface area contributed by atoms with Gasteiger partial charge in [0, 0.05) is 5.56 Å². The Morgan fingerprint density at radius 3 is 2.56 bits per heavy atom. The molecule has 4 nitrogen and oxygen atoms in total. The first-order chi connectivity index (χ1) is 7.72. The molecule has 0 radical (unpaired) electrons. The minimum atomic E-state index is -0.370. The van der Waals surface area contributed by atoms with Crippen molar-refractivity contribution < 1.29 is 14.3 Å². The summed E-state index contributed by atoms with van der Waals surface area (Å²) < 4.78 is 4.82. The fraction of sp³-hybridized carbons (Fsp3) is 0.167. The van der Waals surface area contributed by atoms with Gasteiger partial charge in [0.1, 0.15) is 13.2 Å². The number of rotatable bonds is 1. The Morgan fingerprint density at radius 2 is 1.94 bits per heavy atom. The van der Waals surface area contributed by atoms with Crippen LogP contribution in [0.2, 0.25) is 0 Å². The molecule has 16 heavy (non-hydrogen) atoms. The Labute approximate surface area is 92.8 Å². The van der Waals surface area contributed by atoms with E-state index in [9.17, 15) is 9.59 Å². The van der Waals surface area contributed by atoms with Gasteiger partial charge in [-0.05, 0) is 18.2 Å². The van der Waals surface area contributed by atoms with Gasteiger partial charge < -0.3 is 4.74 Å². The third kappa shape index (κ3) is 1.81. The Bertz CT molecular complexity index is 471. The van der Waals surface area contributed by atoms with Crippen LogP contribution in [0.4, 0.5) is 5.69 Å². The number of carbonyl (C=O) groups is 2. The Kier molecular flexibility index (Phi) is 2.71. The van der Waals surface area contributed by atoms with E-state index in [-0.39, 0.29) is 25.0 Å². The zero-order valence-corrected chi connectivity index (χ0v) is 8.47. The third-order valence-corrected chi connectivity index (χ3v) is 2.22. The van der Waals surface area contributed by atoms with Crippen LogP contribution in [0.1, 0.15) is 5.56 Å². The molecule has 0 saturated carbocycles. The van der Waals surface area contributed by atoms with E-state index < -0.39 is 0 Å². The van der Waals surface area contributed by atoms with Crippen molar-refractivity contribution >= 4 is 17.5 Å². The minimum Gasteiger partial charge on any atom is -0.362 e. The quantitative estimate of drug-likeness (QED) is 0.508. The van der Waals surface area contributed by atoms with Gasteiger partial charge in [-0.3, -0.25) is 9.59 Å². The molecule has 0 N–H and O–H groups in total. The third-order valence-electron chi connectivity index (χ3n) is 2.22. The normalized spacial score (nSPS) is 16.1. The number of amides is 2. The molecule has 0 atom stereocenters. The van der Waals surface area contributed by atoms with Gasteiger partial charge >= 0.3 is 0 Å². The highest BCUT2D eigenvalue weighted by atomic mass is 16.5. The number of hydrogen-bond acceptors (Lipinski definition) is 3. The van der Waals surface area contributed by atoms with E-state index >= 15 is 0 Å². The molecule has 1 aliphatic heterocycles. The van der Waals surface area contributed by atoms with Crippen LogP contribution < -0.4 is 4.90 Å². The Balaban J connectivity index is 2.38. The van der Waals surface area contributed by atoms with E-state index in [4.69, 9.17) is 11.2 Å². The molecular weight excluding hydrogens is 206 g/mol. The van der Waals surface area contributed by atoms with Crippen molar-refractivity contribution in [3.8, 4) is 12.3 Å². The molecule has 0 spiro atoms. The molecule has 0 aliphatic carbocycles. The standard InChI is InChI=1S/C12H9NO3/c1-2-9-4-3-5-10(6-9)13-11(14)7-16-8-12(13)15/h1,3-6H,7-8H2. The van der Waals surface area contributed by atoms with E-state index in [1.54, 1.807) is 24.3 Å². The highest BCUT2D eigenvalue weighted by molar-refractivity contribution is 6.17. The van der Waals surface area contributed by atoms with Crippen LogP contribution in [-0.2, 0) is 14.3 Å². The zero-order valence-electron chi connectivity index (χ0n) is 8.47. The van der Waals surface area contributed by atoms with Crippen LogP contribution in [0.5, 0.6) is 0 Å². The highest BCUT2D eigenvalue weighted by Crippen LogP contribution is 2.18.